The molecule has 0 bridgehead atoms. The molecule has 0 spiro atoms. The molecule has 8 nitrogen and oxygen atoms in total. The molecule has 3 N–H and O–H groups in total. The Labute approximate surface area is 152 Å². The van der Waals surface area contributed by atoms with Crippen LogP contribution in [-0.2, 0) is 27.9 Å². The van der Waals surface area contributed by atoms with E-state index in [1.54, 1.807) is 0 Å². The summed E-state index contributed by atoms with van der Waals surface area (Å²) in [4.78, 5) is 9.08. The van der Waals surface area contributed by atoms with Gasteiger partial charge in [0.1, 0.15) is 17.9 Å². The van der Waals surface area contributed by atoms with Crippen molar-refractivity contribution in [3.8, 4) is 0 Å². The van der Waals surface area contributed by atoms with E-state index in [1.807, 2.05) is 31.2 Å². The number of ether oxygens (including phenoxy) is 1. The van der Waals surface area contributed by atoms with Crippen LogP contribution in [0.25, 0.3) is 21.9 Å². The van der Waals surface area contributed by atoms with Crippen molar-refractivity contribution < 1.29 is 13.2 Å². The fourth-order valence-electron chi connectivity index (χ4n) is 2.94. The van der Waals surface area contributed by atoms with E-state index in [9.17, 15) is 8.42 Å². The summed E-state index contributed by atoms with van der Waals surface area (Å²) >= 11 is 0. The molecule has 3 rings (SSSR count). The van der Waals surface area contributed by atoms with Crippen LogP contribution in [-0.4, -0.2) is 42.4 Å². The van der Waals surface area contributed by atoms with Crippen LogP contribution in [0.4, 0.5) is 5.82 Å². The highest BCUT2D eigenvalue weighted by molar-refractivity contribution is 7.88. The molecule has 0 aliphatic rings. The van der Waals surface area contributed by atoms with Gasteiger partial charge in [0.15, 0.2) is 5.82 Å². The number of hydrogen-bond acceptors (Lipinski definition) is 6. The number of aryl methyl sites for hydroxylation is 1. The Hall–Kier alpha value is -2.23. The predicted molar refractivity (Wildman–Crippen MR) is 102 cm³/mol. The lowest BCUT2D eigenvalue weighted by Gasteiger charge is -2.11. The van der Waals surface area contributed by atoms with Gasteiger partial charge in [-0.1, -0.05) is 18.2 Å². The van der Waals surface area contributed by atoms with E-state index in [0.29, 0.717) is 44.1 Å². The van der Waals surface area contributed by atoms with Gasteiger partial charge in [-0.3, -0.25) is 0 Å². The number of nitrogen functional groups attached to an aromatic ring is 1. The average Bonchev–Trinajstić information content (AvgIpc) is 2.95. The maximum Gasteiger partial charge on any atom is 0.208 e. The Morgan fingerprint density at radius 2 is 2.04 bits per heavy atom. The van der Waals surface area contributed by atoms with E-state index in [4.69, 9.17) is 10.5 Å². The minimum atomic E-state index is -3.20. The molecule has 140 valence electrons. The van der Waals surface area contributed by atoms with Gasteiger partial charge in [0.05, 0.1) is 17.3 Å². The number of fused-ring (bicyclic) bond motifs is 3. The van der Waals surface area contributed by atoms with E-state index in [-0.39, 0.29) is 0 Å². The zero-order valence-corrected chi connectivity index (χ0v) is 15.7. The second-order valence-corrected chi connectivity index (χ2v) is 7.88. The van der Waals surface area contributed by atoms with Crippen LogP contribution in [0.3, 0.4) is 0 Å². The van der Waals surface area contributed by atoms with Gasteiger partial charge >= 0.3 is 0 Å². The summed E-state index contributed by atoms with van der Waals surface area (Å²) in [6.07, 6.45) is 1.77. The Morgan fingerprint density at radius 1 is 1.27 bits per heavy atom. The first-order valence-corrected chi connectivity index (χ1v) is 10.4. The van der Waals surface area contributed by atoms with Crippen molar-refractivity contribution >= 4 is 37.8 Å². The van der Waals surface area contributed by atoms with Crippen LogP contribution in [0.15, 0.2) is 24.3 Å². The number of rotatable bonds is 8. The van der Waals surface area contributed by atoms with Gasteiger partial charge in [0, 0.05) is 25.1 Å². The van der Waals surface area contributed by atoms with Gasteiger partial charge in [0.2, 0.25) is 10.0 Å². The molecule has 0 fully saturated rings. The first-order chi connectivity index (χ1) is 12.4. The Morgan fingerprint density at radius 3 is 2.77 bits per heavy atom. The average molecular weight is 377 g/mol. The van der Waals surface area contributed by atoms with Crippen molar-refractivity contribution in [1.82, 2.24) is 19.3 Å². The second kappa shape index (κ2) is 7.56. The van der Waals surface area contributed by atoms with Gasteiger partial charge in [-0.2, -0.15) is 0 Å². The minimum Gasteiger partial charge on any atom is -0.382 e. The van der Waals surface area contributed by atoms with Gasteiger partial charge in [-0.25, -0.2) is 23.1 Å². The van der Waals surface area contributed by atoms with Crippen molar-refractivity contribution in [3.63, 3.8) is 0 Å². The zero-order chi connectivity index (χ0) is 18.7. The summed E-state index contributed by atoms with van der Waals surface area (Å²) in [5.41, 5.74) is 8.48. The molecule has 0 saturated carbocycles. The molecule has 0 saturated heterocycles. The van der Waals surface area contributed by atoms with Crippen LogP contribution in [0.5, 0.6) is 0 Å². The Balaban J connectivity index is 2.04. The van der Waals surface area contributed by atoms with Crippen molar-refractivity contribution in [1.29, 1.82) is 0 Å². The quantitative estimate of drug-likeness (QED) is 0.577. The SMILES string of the molecule is CCOCc1nc2c(N)nc3ccccc3c2n1CCCNS(C)(=O)=O. The Kier molecular flexibility index (Phi) is 5.40. The predicted octanol–water partition coefficient (Wildman–Crippen LogP) is 1.64. The fourth-order valence-corrected chi connectivity index (χ4v) is 3.46. The molecule has 0 aliphatic carbocycles. The zero-order valence-electron chi connectivity index (χ0n) is 14.9. The smallest absolute Gasteiger partial charge is 0.208 e. The number of nitrogens with zero attached hydrogens (tertiary/aromatic N) is 3. The number of benzene rings is 1. The third-order valence-electron chi connectivity index (χ3n) is 4.05. The summed E-state index contributed by atoms with van der Waals surface area (Å²) in [5, 5.41) is 0.961. The number of aromatic nitrogens is 3. The third-order valence-corrected chi connectivity index (χ3v) is 4.78. The fraction of sp³-hybridized carbons (Fsp3) is 0.412. The highest BCUT2D eigenvalue weighted by Crippen LogP contribution is 2.29. The van der Waals surface area contributed by atoms with E-state index in [0.717, 1.165) is 28.5 Å². The van der Waals surface area contributed by atoms with Crippen LogP contribution < -0.4 is 10.5 Å². The maximum absolute atomic E-state index is 11.3. The number of nitrogens with two attached hydrogens (primary N) is 1. The molecular weight excluding hydrogens is 354 g/mol. The first kappa shape index (κ1) is 18.6. The molecule has 0 aliphatic heterocycles. The summed E-state index contributed by atoms with van der Waals surface area (Å²) in [6.45, 7) is 3.81. The number of para-hydroxylation sites is 1. The summed E-state index contributed by atoms with van der Waals surface area (Å²) in [5.74, 6) is 1.13. The minimum absolute atomic E-state index is 0.352. The largest absolute Gasteiger partial charge is 0.382 e. The molecule has 2 heterocycles. The summed E-state index contributed by atoms with van der Waals surface area (Å²) in [7, 11) is -3.20. The molecule has 2 aromatic heterocycles. The van der Waals surface area contributed by atoms with Crippen LogP contribution in [0, 0.1) is 0 Å². The molecule has 0 atom stereocenters. The van der Waals surface area contributed by atoms with Crippen molar-refractivity contribution in [2.45, 2.75) is 26.5 Å². The molecule has 26 heavy (non-hydrogen) atoms. The van der Waals surface area contributed by atoms with Crippen molar-refractivity contribution in [2.24, 2.45) is 0 Å². The lowest BCUT2D eigenvalue weighted by molar-refractivity contribution is 0.126. The topological polar surface area (TPSA) is 112 Å². The number of nitrogens with one attached hydrogen (secondary N) is 1. The van der Waals surface area contributed by atoms with Crippen LogP contribution >= 0.6 is 0 Å². The number of sulfonamides is 1. The molecule has 1 aromatic carbocycles. The van der Waals surface area contributed by atoms with E-state index in [1.165, 1.54) is 0 Å². The third kappa shape index (κ3) is 3.95. The standard InChI is InChI=1S/C17H23N5O3S/c1-3-25-11-14-21-15-16(22(14)10-6-9-19-26(2,23)24)12-7-4-5-8-13(12)20-17(15)18/h4-5,7-8,19H,3,6,9-11H2,1-2H3,(H2,18,20). The molecule has 0 unspecified atom stereocenters. The normalized spacial score (nSPS) is 12.2. The van der Waals surface area contributed by atoms with Crippen LogP contribution in [0.2, 0.25) is 0 Å². The molecule has 3 aromatic rings. The van der Waals surface area contributed by atoms with Crippen molar-refractivity contribution in [2.75, 3.05) is 25.1 Å². The number of hydrogen-bond donors (Lipinski definition) is 2. The monoisotopic (exact) mass is 377 g/mol. The van der Waals surface area contributed by atoms with E-state index < -0.39 is 10.0 Å². The number of imidazole rings is 1. The molecule has 0 radical (unpaired) electrons. The Bertz CT molecular complexity index is 1030. The maximum atomic E-state index is 11.3. The highest BCUT2D eigenvalue weighted by Gasteiger charge is 2.17. The van der Waals surface area contributed by atoms with Gasteiger partial charge in [0.25, 0.3) is 0 Å². The molecule has 9 heteroatoms. The molecule has 0 amide bonds. The first-order valence-electron chi connectivity index (χ1n) is 8.46. The summed E-state index contributed by atoms with van der Waals surface area (Å²) in [6, 6.07) is 7.76. The van der Waals surface area contributed by atoms with Gasteiger partial charge < -0.3 is 15.0 Å². The molecular formula is C17H23N5O3S. The number of anilines is 1. The van der Waals surface area contributed by atoms with Gasteiger partial charge in [-0.15, -0.1) is 0 Å². The van der Waals surface area contributed by atoms with Crippen molar-refractivity contribution in [3.05, 3.63) is 30.1 Å². The lowest BCUT2D eigenvalue weighted by Crippen LogP contribution is -2.24. The van der Waals surface area contributed by atoms with Gasteiger partial charge in [-0.05, 0) is 19.4 Å². The van der Waals surface area contributed by atoms with Crippen LogP contribution in [0.1, 0.15) is 19.2 Å². The lowest BCUT2D eigenvalue weighted by atomic mass is 10.2. The second-order valence-electron chi connectivity index (χ2n) is 6.05. The van der Waals surface area contributed by atoms with E-state index in [2.05, 4.69) is 19.3 Å². The highest BCUT2D eigenvalue weighted by atomic mass is 32.2. The number of pyridine rings is 1. The van der Waals surface area contributed by atoms with E-state index >= 15 is 0 Å². The summed E-state index contributed by atoms with van der Waals surface area (Å²) < 4.78 is 32.6.